The Hall–Kier alpha value is -1.37. The minimum Gasteiger partial charge on any atom is -0.464 e. The highest BCUT2D eigenvalue weighted by molar-refractivity contribution is 7.99. The van der Waals surface area contributed by atoms with Crippen LogP contribution in [0.4, 0.5) is 0 Å². The van der Waals surface area contributed by atoms with Gasteiger partial charge < -0.3 is 14.2 Å². The summed E-state index contributed by atoms with van der Waals surface area (Å²) >= 11 is 1.64. The molecule has 1 atom stereocenters. The van der Waals surface area contributed by atoms with Gasteiger partial charge >= 0.3 is 5.97 Å². The molecule has 150 valence electrons. The molecule has 2 rings (SSSR count). The number of aryl methyl sites for hydroxylation is 1. The number of Topliss-reactive ketones (excluding diaryl/α,β-unsaturated/α-hetero) is 1. The third kappa shape index (κ3) is 9.40. The van der Waals surface area contributed by atoms with E-state index in [0.29, 0.717) is 18.8 Å². The maximum atomic E-state index is 11.4. The topological polar surface area (TPSA) is 61.8 Å². The van der Waals surface area contributed by atoms with Crippen molar-refractivity contribution in [2.24, 2.45) is 0 Å². The minimum absolute atomic E-state index is 0.00767. The van der Waals surface area contributed by atoms with E-state index in [2.05, 4.69) is 24.3 Å². The first-order chi connectivity index (χ1) is 13.2. The van der Waals surface area contributed by atoms with Crippen LogP contribution in [0.15, 0.2) is 29.2 Å². The van der Waals surface area contributed by atoms with Crippen molar-refractivity contribution in [3.05, 3.63) is 29.8 Å². The van der Waals surface area contributed by atoms with Crippen molar-refractivity contribution in [2.45, 2.75) is 63.1 Å². The molecule has 1 aliphatic rings. The average molecular weight is 395 g/mol. The molecule has 0 bridgehead atoms. The van der Waals surface area contributed by atoms with Crippen molar-refractivity contribution >= 4 is 23.5 Å². The Morgan fingerprint density at radius 3 is 2.70 bits per heavy atom. The lowest BCUT2D eigenvalue weighted by Gasteiger charge is -2.22. The minimum atomic E-state index is -0.432. The first-order valence-electron chi connectivity index (χ1n) is 9.79. The summed E-state index contributed by atoms with van der Waals surface area (Å²) < 4.78 is 16.4. The quantitative estimate of drug-likeness (QED) is 0.229. The number of esters is 1. The monoisotopic (exact) mass is 394 g/mol. The predicted octanol–water partition coefficient (Wildman–Crippen LogP) is 4.17. The van der Waals surface area contributed by atoms with Crippen molar-refractivity contribution in [1.82, 2.24) is 0 Å². The maximum Gasteiger partial charge on any atom is 0.313 e. The zero-order chi connectivity index (χ0) is 19.3. The Morgan fingerprint density at radius 2 is 2.00 bits per heavy atom. The lowest BCUT2D eigenvalue weighted by molar-refractivity contribution is -0.162. The van der Waals surface area contributed by atoms with Crippen molar-refractivity contribution in [3.63, 3.8) is 0 Å². The van der Waals surface area contributed by atoms with Crippen LogP contribution in [0.3, 0.4) is 0 Å². The van der Waals surface area contributed by atoms with E-state index in [1.54, 1.807) is 18.7 Å². The second-order valence-corrected chi connectivity index (χ2v) is 7.72. The molecule has 0 amide bonds. The molecule has 1 heterocycles. The normalized spacial score (nSPS) is 16.9. The van der Waals surface area contributed by atoms with Crippen LogP contribution >= 0.6 is 11.8 Å². The molecule has 0 radical (unpaired) electrons. The summed E-state index contributed by atoms with van der Waals surface area (Å²) in [5.74, 6) is 0.166. The van der Waals surface area contributed by atoms with E-state index in [9.17, 15) is 9.59 Å². The van der Waals surface area contributed by atoms with Crippen LogP contribution in [0, 0.1) is 0 Å². The second-order valence-electron chi connectivity index (χ2n) is 6.55. The van der Waals surface area contributed by atoms with Gasteiger partial charge in [-0.15, -0.1) is 11.8 Å². The number of hydrogen-bond donors (Lipinski definition) is 0. The average Bonchev–Trinajstić information content (AvgIpc) is 2.70. The Bertz CT molecular complexity index is 566. The van der Waals surface area contributed by atoms with Gasteiger partial charge in [0, 0.05) is 23.7 Å². The summed E-state index contributed by atoms with van der Waals surface area (Å²) in [4.78, 5) is 23.7. The summed E-state index contributed by atoms with van der Waals surface area (Å²) in [6.45, 7) is 3.61. The van der Waals surface area contributed by atoms with Gasteiger partial charge in [-0.2, -0.15) is 0 Å². The third-order valence-electron chi connectivity index (χ3n) is 4.33. The van der Waals surface area contributed by atoms with E-state index in [-0.39, 0.29) is 18.5 Å². The van der Waals surface area contributed by atoms with Crippen molar-refractivity contribution in [3.8, 4) is 0 Å². The van der Waals surface area contributed by atoms with Gasteiger partial charge in [-0.25, -0.2) is 0 Å². The molecule has 5 nitrogen and oxygen atoms in total. The molecule has 1 aliphatic heterocycles. The van der Waals surface area contributed by atoms with E-state index in [1.807, 2.05) is 0 Å². The van der Waals surface area contributed by atoms with Crippen LogP contribution in [0.5, 0.6) is 0 Å². The van der Waals surface area contributed by atoms with E-state index in [1.165, 1.54) is 12.0 Å². The summed E-state index contributed by atoms with van der Waals surface area (Å²) in [7, 11) is 0. The molecule has 1 fully saturated rings. The predicted molar refractivity (Wildman–Crippen MR) is 106 cm³/mol. The molecule has 1 unspecified atom stereocenters. The van der Waals surface area contributed by atoms with Crippen LogP contribution in [0.2, 0.25) is 0 Å². The maximum absolute atomic E-state index is 11.4. The standard InChI is InChI=1S/C21H30O5S/c1-2-18(22)16-20(23)24-14-15-27-19-10-8-17(9-11-19)6-5-13-26-21-7-3-4-12-25-21/h8-11,21H,2-7,12-16H2,1H3. The highest BCUT2D eigenvalue weighted by atomic mass is 32.2. The molecule has 0 aromatic heterocycles. The third-order valence-corrected chi connectivity index (χ3v) is 5.30. The van der Waals surface area contributed by atoms with Crippen LogP contribution in [-0.2, 0) is 30.2 Å². The van der Waals surface area contributed by atoms with E-state index < -0.39 is 5.97 Å². The number of benzene rings is 1. The van der Waals surface area contributed by atoms with Crippen LogP contribution < -0.4 is 0 Å². The zero-order valence-electron chi connectivity index (χ0n) is 16.1. The van der Waals surface area contributed by atoms with Crippen molar-refractivity contribution in [1.29, 1.82) is 0 Å². The lowest BCUT2D eigenvalue weighted by atomic mass is 10.1. The Morgan fingerprint density at radius 1 is 1.19 bits per heavy atom. The molecule has 0 spiro atoms. The highest BCUT2D eigenvalue weighted by Crippen LogP contribution is 2.19. The largest absolute Gasteiger partial charge is 0.464 e. The molecule has 0 saturated carbocycles. The van der Waals surface area contributed by atoms with E-state index in [4.69, 9.17) is 14.2 Å². The SMILES string of the molecule is CCC(=O)CC(=O)OCCSc1ccc(CCCOC2CCCCO2)cc1. The Balaban J connectivity index is 1.55. The van der Waals surface area contributed by atoms with Crippen molar-refractivity contribution in [2.75, 3.05) is 25.6 Å². The molecule has 1 aromatic carbocycles. The number of carbonyl (C=O) groups excluding carboxylic acids is 2. The molecule has 0 aliphatic carbocycles. The second kappa shape index (κ2) is 12.9. The Labute approximate surface area is 166 Å². The fourth-order valence-corrected chi connectivity index (χ4v) is 3.47. The van der Waals surface area contributed by atoms with E-state index in [0.717, 1.165) is 43.8 Å². The van der Waals surface area contributed by atoms with Gasteiger partial charge in [-0.1, -0.05) is 19.1 Å². The van der Waals surface area contributed by atoms with Crippen LogP contribution in [0.1, 0.15) is 51.0 Å². The molecule has 27 heavy (non-hydrogen) atoms. The number of rotatable bonds is 12. The van der Waals surface area contributed by atoms with Crippen LogP contribution in [0.25, 0.3) is 0 Å². The first kappa shape index (κ1) is 21.9. The smallest absolute Gasteiger partial charge is 0.313 e. The summed E-state index contributed by atoms with van der Waals surface area (Å²) in [6, 6.07) is 8.44. The summed E-state index contributed by atoms with van der Waals surface area (Å²) in [6.07, 6.45) is 5.57. The van der Waals surface area contributed by atoms with Crippen molar-refractivity contribution < 1.29 is 23.8 Å². The van der Waals surface area contributed by atoms with Gasteiger partial charge in [-0.05, 0) is 49.8 Å². The molecular formula is C21H30O5S. The molecule has 0 N–H and O–H groups in total. The number of ether oxygens (including phenoxy) is 3. The van der Waals surface area contributed by atoms with Crippen LogP contribution in [-0.4, -0.2) is 43.6 Å². The lowest BCUT2D eigenvalue weighted by Crippen LogP contribution is -2.22. The number of ketones is 1. The first-order valence-corrected chi connectivity index (χ1v) is 10.8. The summed E-state index contributed by atoms with van der Waals surface area (Å²) in [5, 5.41) is 0. The van der Waals surface area contributed by atoms with Gasteiger partial charge in [0.05, 0.1) is 6.61 Å². The van der Waals surface area contributed by atoms with Gasteiger partial charge in [0.25, 0.3) is 0 Å². The molecular weight excluding hydrogens is 364 g/mol. The van der Waals surface area contributed by atoms with Gasteiger partial charge in [-0.3, -0.25) is 9.59 Å². The Kier molecular flexibility index (Phi) is 10.5. The zero-order valence-corrected chi connectivity index (χ0v) is 16.9. The number of carbonyl (C=O) groups is 2. The van der Waals surface area contributed by atoms with E-state index >= 15 is 0 Å². The van der Waals surface area contributed by atoms with Gasteiger partial charge in [0.15, 0.2) is 6.29 Å². The number of thioether (sulfide) groups is 1. The fourth-order valence-electron chi connectivity index (χ4n) is 2.74. The van der Waals surface area contributed by atoms with Gasteiger partial charge in [0.1, 0.15) is 18.8 Å². The fraction of sp³-hybridized carbons (Fsp3) is 0.619. The number of hydrogen-bond acceptors (Lipinski definition) is 6. The molecule has 1 aromatic rings. The van der Waals surface area contributed by atoms with Gasteiger partial charge in [0.2, 0.25) is 0 Å². The summed E-state index contributed by atoms with van der Waals surface area (Å²) in [5.41, 5.74) is 1.29. The molecule has 1 saturated heterocycles. The highest BCUT2D eigenvalue weighted by Gasteiger charge is 2.13. The molecule has 6 heteroatoms.